The van der Waals surface area contributed by atoms with E-state index in [1.165, 1.54) is 0 Å². The molecule has 13 heavy (non-hydrogen) atoms. The molecule has 1 aliphatic heterocycles. The second-order valence-corrected chi connectivity index (χ2v) is 3.49. The van der Waals surface area contributed by atoms with Crippen molar-refractivity contribution in [1.29, 1.82) is 0 Å². The van der Waals surface area contributed by atoms with Gasteiger partial charge in [-0.15, -0.1) is 0 Å². The molecule has 0 amide bonds. The molecule has 1 N–H and O–H groups in total. The minimum Gasteiger partial charge on any atom is -0.391 e. The molecule has 3 rings (SSSR count). The zero-order valence-electron chi connectivity index (χ0n) is 7.14. The molecule has 0 saturated carbocycles. The maximum atomic E-state index is 9.44. The summed E-state index contributed by atoms with van der Waals surface area (Å²) in [6, 6.07) is 8.04. The molecule has 1 atom stereocenters. The molecule has 66 valence electrons. The van der Waals surface area contributed by atoms with Crippen LogP contribution < -0.4 is 0 Å². The number of hydrogen-bond donors (Lipinski definition) is 1. The molecule has 1 aromatic carbocycles. The van der Waals surface area contributed by atoms with Gasteiger partial charge >= 0.3 is 0 Å². The van der Waals surface area contributed by atoms with Gasteiger partial charge in [0.2, 0.25) is 0 Å². The van der Waals surface area contributed by atoms with E-state index >= 15 is 0 Å². The Hall–Kier alpha value is -1.35. The zero-order valence-corrected chi connectivity index (χ0v) is 7.14. The van der Waals surface area contributed by atoms with Crippen LogP contribution in [0.25, 0.3) is 11.0 Å². The van der Waals surface area contributed by atoms with Gasteiger partial charge in [-0.1, -0.05) is 12.1 Å². The number of aromatic nitrogens is 2. The zero-order chi connectivity index (χ0) is 8.84. The number of imidazole rings is 1. The maximum absolute atomic E-state index is 9.44. The maximum Gasteiger partial charge on any atom is 0.112 e. The van der Waals surface area contributed by atoms with E-state index in [9.17, 15) is 5.11 Å². The quantitative estimate of drug-likeness (QED) is 0.645. The lowest BCUT2D eigenvalue weighted by Crippen LogP contribution is -2.07. The Morgan fingerprint density at radius 2 is 2.23 bits per heavy atom. The lowest BCUT2D eigenvalue weighted by molar-refractivity contribution is 0.176. The molecular formula is C10H10N2O. The van der Waals surface area contributed by atoms with E-state index in [4.69, 9.17) is 0 Å². The number of rotatable bonds is 0. The van der Waals surface area contributed by atoms with Crippen LogP contribution in [0.1, 0.15) is 5.82 Å². The van der Waals surface area contributed by atoms with Crippen LogP contribution in [0.4, 0.5) is 0 Å². The molecule has 2 heterocycles. The molecule has 0 aliphatic carbocycles. The van der Waals surface area contributed by atoms with E-state index in [0.717, 1.165) is 16.9 Å². The van der Waals surface area contributed by atoms with Crippen LogP contribution in [-0.2, 0) is 13.0 Å². The predicted molar refractivity (Wildman–Crippen MR) is 49.4 cm³/mol. The third-order valence-corrected chi connectivity index (χ3v) is 2.55. The standard InChI is InChI=1S/C10H10N2O/c13-7-5-10-11-8-3-1-2-4-9(8)12(10)6-7/h1-4,7,13H,5-6H2. The summed E-state index contributed by atoms with van der Waals surface area (Å²) < 4.78 is 2.10. The van der Waals surface area contributed by atoms with Crippen molar-refractivity contribution >= 4 is 11.0 Å². The van der Waals surface area contributed by atoms with Crippen LogP contribution in [0.3, 0.4) is 0 Å². The number of aliphatic hydroxyl groups excluding tert-OH is 1. The van der Waals surface area contributed by atoms with E-state index in [2.05, 4.69) is 9.55 Å². The Balaban J connectivity index is 2.31. The number of nitrogens with zero attached hydrogens (tertiary/aromatic N) is 2. The van der Waals surface area contributed by atoms with Gasteiger partial charge in [0.25, 0.3) is 0 Å². The fourth-order valence-electron chi connectivity index (χ4n) is 1.97. The molecule has 1 unspecified atom stereocenters. The highest BCUT2D eigenvalue weighted by Gasteiger charge is 2.22. The van der Waals surface area contributed by atoms with E-state index in [1.54, 1.807) is 0 Å². The van der Waals surface area contributed by atoms with Crippen LogP contribution in [0, 0.1) is 0 Å². The lowest BCUT2D eigenvalue weighted by Gasteiger charge is -1.99. The van der Waals surface area contributed by atoms with Crippen molar-refractivity contribution in [3.05, 3.63) is 30.1 Å². The Morgan fingerprint density at radius 1 is 1.38 bits per heavy atom. The van der Waals surface area contributed by atoms with Crippen molar-refractivity contribution in [3.63, 3.8) is 0 Å². The van der Waals surface area contributed by atoms with Crippen LogP contribution in [0.2, 0.25) is 0 Å². The second kappa shape index (κ2) is 2.33. The van der Waals surface area contributed by atoms with Crippen molar-refractivity contribution in [2.75, 3.05) is 0 Å². The summed E-state index contributed by atoms with van der Waals surface area (Å²) in [7, 11) is 0. The molecule has 0 spiro atoms. The number of fused-ring (bicyclic) bond motifs is 3. The molecular weight excluding hydrogens is 164 g/mol. The fourth-order valence-corrected chi connectivity index (χ4v) is 1.97. The first-order valence-corrected chi connectivity index (χ1v) is 4.47. The molecule has 0 bridgehead atoms. The summed E-state index contributed by atoms with van der Waals surface area (Å²) in [5.41, 5.74) is 2.17. The SMILES string of the molecule is OC1Cc2nc3ccccc3n2C1. The van der Waals surface area contributed by atoms with Gasteiger partial charge in [0.05, 0.1) is 23.7 Å². The topological polar surface area (TPSA) is 38.1 Å². The minimum absolute atomic E-state index is 0.243. The van der Waals surface area contributed by atoms with E-state index in [-0.39, 0.29) is 6.10 Å². The van der Waals surface area contributed by atoms with Gasteiger partial charge in [-0.2, -0.15) is 0 Å². The molecule has 3 nitrogen and oxygen atoms in total. The van der Waals surface area contributed by atoms with Crippen LogP contribution in [0.15, 0.2) is 24.3 Å². The summed E-state index contributed by atoms with van der Waals surface area (Å²) in [5.74, 6) is 1.01. The minimum atomic E-state index is -0.243. The highest BCUT2D eigenvalue weighted by atomic mass is 16.3. The highest BCUT2D eigenvalue weighted by Crippen LogP contribution is 2.22. The van der Waals surface area contributed by atoms with Crippen molar-refractivity contribution in [3.8, 4) is 0 Å². The van der Waals surface area contributed by atoms with Crippen LogP contribution in [0.5, 0.6) is 0 Å². The Labute approximate surface area is 75.6 Å². The Morgan fingerprint density at radius 3 is 3.15 bits per heavy atom. The van der Waals surface area contributed by atoms with Gasteiger partial charge in [0, 0.05) is 6.42 Å². The van der Waals surface area contributed by atoms with Crippen molar-refractivity contribution < 1.29 is 5.11 Å². The van der Waals surface area contributed by atoms with Gasteiger partial charge < -0.3 is 9.67 Å². The van der Waals surface area contributed by atoms with Gasteiger partial charge in [0.1, 0.15) is 5.82 Å². The average Bonchev–Trinajstić information content (AvgIpc) is 2.60. The van der Waals surface area contributed by atoms with Gasteiger partial charge in [0.15, 0.2) is 0 Å². The number of hydrogen-bond acceptors (Lipinski definition) is 2. The van der Waals surface area contributed by atoms with Gasteiger partial charge in [-0.25, -0.2) is 4.98 Å². The lowest BCUT2D eigenvalue weighted by atomic mass is 10.3. The van der Waals surface area contributed by atoms with Gasteiger partial charge in [-0.05, 0) is 12.1 Å². The van der Waals surface area contributed by atoms with E-state index in [0.29, 0.717) is 13.0 Å². The van der Waals surface area contributed by atoms with E-state index in [1.807, 2.05) is 24.3 Å². The third kappa shape index (κ3) is 0.906. The average molecular weight is 174 g/mol. The van der Waals surface area contributed by atoms with Crippen LogP contribution >= 0.6 is 0 Å². The van der Waals surface area contributed by atoms with E-state index < -0.39 is 0 Å². The number of aliphatic hydroxyl groups is 1. The molecule has 1 aliphatic rings. The largest absolute Gasteiger partial charge is 0.391 e. The molecule has 0 radical (unpaired) electrons. The molecule has 2 aromatic rings. The van der Waals surface area contributed by atoms with Gasteiger partial charge in [-0.3, -0.25) is 0 Å². The van der Waals surface area contributed by atoms with Crippen molar-refractivity contribution in [1.82, 2.24) is 9.55 Å². The van der Waals surface area contributed by atoms with Crippen molar-refractivity contribution in [2.45, 2.75) is 19.1 Å². The first-order chi connectivity index (χ1) is 6.34. The molecule has 0 fully saturated rings. The smallest absolute Gasteiger partial charge is 0.112 e. The first kappa shape index (κ1) is 7.09. The molecule has 3 heteroatoms. The summed E-state index contributed by atoms with van der Waals surface area (Å²) >= 11 is 0. The first-order valence-electron chi connectivity index (χ1n) is 4.47. The summed E-state index contributed by atoms with van der Waals surface area (Å²) in [6.45, 7) is 0.690. The number of para-hydroxylation sites is 2. The normalized spacial score (nSPS) is 20.8. The highest BCUT2D eigenvalue weighted by molar-refractivity contribution is 5.76. The van der Waals surface area contributed by atoms with Crippen LogP contribution in [-0.4, -0.2) is 20.8 Å². The number of benzene rings is 1. The fraction of sp³-hybridized carbons (Fsp3) is 0.300. The summed E-state index contributed by atoms with van der Waals surface area (Å²) in [6.07, 6.45) is 0.446. The summed E-state index contributed by atoms with van der Waals surface area (Å²) in [5, 5.41) is 9.44. The summed E-state index contributed by atoms with van der Waals surface area (Å²) in [4.78, 5) is 4.45. The molecule has 1 aromatic heterocycles. The third-order valence-electron chi connectivity index (χ3n) is 2.55. The molecule has 0 saturated heterocycles. The Kier molecular flexibility index (Phi) is 1.27. The van der Waals surface area contributed by atoms with Crippen molar-refractivity contribution in [2.24, 2.45) is 0 Å². The Bertz CT molecular complexity index is 461. The second-order valence-electron chi connectivity index (χ2n) is 3.49. The monoisotopic (exact) mass is 174 g/mol. The predicted octanol–water partition coefficient (Wildman–Crippen LogP) is 0.953.